The third-order valence-electron chi connectivity index (χ3n) is 3.03. The van der Waals surface area contributed by atoms with E-state index in [-0.39, 0.29) is 12.3 Å². The van der Waals surface area contributed by atoms with Crippen LogP contribution in [0, 0.1) is 0 Å². The number of carboxylic acids is 1. The summed E-state index contributed by atoms with van der Waals surface area (Å²) < 4.78 is 0. The fourth-order valence-electron chi connectivity index (χ4n) is 1.73. The number of hydrogen-bond donors (Lipinski definition) is 4. The van der Waals surface area contributed by atoms with E-state index >= 15 is 0 Å². The van der Waals surface area contributed by atoms with Gasteiger partial charge in [0.1, 0.15) is 12.1 Å². The summed E-state index contributed by atoms with van der Waals surface area (Å²) in [4.78, 5) is 35.8. The predicted octanol–water partition coefficient (Wildman–Crippen LogP) is 0.400. The van der Waals surface area contributed by atoms with Crippen LogP contribution in [0.15, 0.2) is 29.4 Å². The molecule has 0 aliphatic rings. The van der Waals surface area contributed by atoms with Crippen LogP contribution in [-0.2, 0) is 20.8 Å². The number of aliphatic carboxylic acids is 1. The van der Waals surface area contributed by atoms with Gasteiger partial charge in [0.15, 0.2) is 0 Å². The van der Waals surface area contributed by atoms with Crippen molar-refractivity contribution in [2.24, 2.45) is 5.10 Å². The number of hydrogen-bond acceptors (Lipinski definition) is 5. The number of carboxylic acid groups (broad SMARTS) is 1. The number of halogens is 1. The van der Waals surface area contributed by atoms with Gasteiger partial charge in [-0.2, -0.15) is 5.10 Å². The molecule has 9 heteroatoms. The maximum atomic E-state index is 12.0. The molecule has 1 aromatic carbocycles. The lowest BCUT2D eigenvalue weighted by atomic mass is 10.0. The van der Waals surface area contributed by atoms with E-state index in [1.54, 1.807) is 24.3 Å². The van der Waals surface area contributed by atoms with Crippen LogP contribution < -0.4 is 15.6 Å². The number of hydrazone groups is 1. The average molecular weight is 355 g/mol. The van der Waals surface area contributed by atoms with E-state index in [9.17, 15) is 14.4 Å². The van der Waals surface area contributed by atoms with Crippen molar-refractivity contribution in [3.05, 3.63) is 35.4 Å². The van der Waals surface area contributed by atoms with Gasteiger partial charge >= 0.3 is 5.97 Å². The van der Waals surface area contributed by atoms with E-state index in [2.05, 4.69) is 20.7 Å². The van der Waals surface area contributed by atoms with Gasteiger partial charge in [-0.1, -0.05) is 24.3 Å². The van der Waals surface area contributed by atoms with Gasteiger partial charge in [0.2, 0.25) is 11.8 Å². The van der Waals surface area contributed by atoms with Crippen molar-refractivity contribution in [2.45, 2.75) is 32.4 Å². The smallest absolute Gasteiger partial charge is 0.325 e. The van der Waals surface area contributed by atoms with Crippen molar-refractivity contribution in [3.63, 3.8) is 0 Å². The predicted molar refractivity (Wildman–Crippen MR) is 89.6 cm³/mol. The Bertz CT molecular complexity index is 618. The number of nitrogens with zero attached hydrogens (tertiary/aromatic N) is 1. The minimum atomic E-state index is -1.13. The molecule has 0 saturated heterocycles. The summed E-state index contributed by atoms with van der Waals surface area (Å²) in [6.07, 6.45) is 1.77. The van der Waals surface area contributed by atoms with Crippen LogP contribution >= 0.6 is 11.8 Å². The fraction of sp³-hybridized carbons (Fsp3) is 0.333. The van der Waals surface area contributed by atoms with Crippen molar-refractivity contribution in [1.82, 2.24) is 15.6 Å². The summed E-state index contributed by atoms with van der Waals surface area (Å²) in [5, 5.41) is 14.9. The Morgan fingerprint density at radius 1 is 1.29 bits per heavy atom. The Labute approximate surface area is 144 Å². The highest BCUT2D eigenvalue weighted by Crippen LogP contribution is 2.07. The summed E-state index contributed by atoms with van der Waals surface area (Å²) in [6.45, 7) is 2.73. The number of benzene rings is 1. The number of nitrogens with one attached hydrogen (secondary N) is 3. The van der Waals surface area contributed by atoms with E-state index in [4.69, 9.17) is 16.9 Å². The highest BCUT2D eigenvalue weighted by molar-refractivity contribution is 6.15. The first kappa shape index (κ1) is 19.6. The van der Waals surface area contributed by atoms with Crippen LogP contribution in [0.4, 0.5) is 0 Å². The summed E-state index contributed by atoms with van der Waals surface area (Å²) in [6, 6.07) is 5.33. The monoisotopic (exact) mass is 354 g/mol. The fourth-order valence-corrected chi connectivity index (χ4v) is 1.91. The van der Waals surface area contributed by atoms with Gasteiger partial charge in [-0.3, -0.25) is 14.4 Å². The van der Waals surface area contributed by atoms with E-state index in [0.29, 0.717) is 0 Å². The second-order valence-electron chi connectivity index (χ2n) is 5.10. The maximum absolute atomic E-state index is 12.0. The van der Waals surface area contributed by atoms with Crippen molar-refractivity contribution in [1.29, 1.82) is 0 Å². The van der Waals surface area contributed by atoms with Gasteiger partial charge in [0, 0.05) is 6.92 Å². The molecular weight excluding hydrogens is 336 g/mol. The zero-order chi connectivity index (χ0) is 18.1. The Morgan fingerprint density at radius 2 is 1.92 bits per heavy atom. The minimum absolute atomic E-state index is 0.263. The molecule has 2 unspecified atom stereocenters. The summed E-state index contributed by atoms with van der Waals surface area (Å²) >= 11 is 5.59. The Kier molecular flexibility index (Phi) is 7.87. The molecule has 2 amide bonds. The van der Waals surface area contributed by atoms with Crippen LogP contribution in [0.1, 0.15) is 25.0 Å². The Morgan fingerprint density at radius 3 is 2.42 bits per heavy atom. The Balaban J connectivity index is 2.65. The van der Waals surface area contributed by atoms with E-state index in [0.717, 1.165) is 11.1 Å². The van der Waals surface area contributed by atoms with Crippen LogP contribution in [0.3, 0.4) is 0 Å². The maximum Gasteiger partial charge on any atom is 0.325 e. The molecule has 0 aliphatic carbocycles. The van der Waals surface area contributed by atoms with Crippen LogP contribution in [0.25, 0.3) is 0 Å². The first-order chi connectivity index (χ1) is 11.3. The normalized spacial score (nSPS) is 13.3. The standard InChI is InChI=1S/C15H19ClN4O4/c1-9(15(23)24)18-14(22)13(19-16)7-11-3-5-12(6-4-11)8-17-20-10(2)21/h3-6,8-9,13,19H,7H2,1-2H3,(H,18,22)(H,20,21)(H,23,24)/b17-8+. The molecule has 1 aromatic rings. The van der Waals surface area contributed by atoms with Crippen molar-refractivity contribution in [3.8, 4) is 0 Å². The third-order valence-corrected chi connectivity index (χ3v) is 3.30. The van der Waals surface area contributed by atoms with E-state index < -0.39 is 24.0 Å². The van der Waals surface area contributed by atoms with Gasteiger partial charge in [-0.05, 0) is 36.2 Å². The molecule has 0 radical (unpaired) electrons. The molecule has 0 aliphatic heterocycles. The molecule has 0 saturated carbocycles. The van der Waals surface area contributed by atoms with E-state index in [1.165, 1.54) is 20.1 Å². The first-order valence-corrected chi connectivity index (χ1v) is 7.49. The Hall–Kier alpha value is -2.45. The van der Waals surface area contributed by atoms with Gasteiger partial charge in [-0.25, -0.2) is 10.3 Å². The molecule has 130 valence electrons. The van der Waals surface area contributed by atoms with Crippen LogP contribution in [-0.4, -0.2) is 41.2 Å². The number of rotatable bonds is 8. The third kappa shape index (κ3) is 6.76. The van der Waals surface area contributed by atoms with Gasteiger partial charge < -0.3 is 10.4 Å². The summed E-state index contributed by atoms with van der Waals surface area (Å²) in [5.74, 6) is -1.89. The molecule has 0 fully saturated rings. The second-order valence-corrected chi connectivity index (χ2v) is 5.32. The molecule has 24 heavy (non-hydrogen) atoms. The second kappa shape index (κ2) is 9.64. The first-order valence-electron chi connectivity index (χ1n) is 7.11. The molecule has 0 bridgehead atoms. The number of amides is 2. The summed E-state index contributed by atoms with van der Waals surface area (Å²) in [5.41, 5.74) is 3.89. The zero-order valence-corrected chi connectivity index (χ0v) is 14.0. The molecule has 0 aromatic heterocycles. The average Bonchev–Trinajstić information content (AvgIpc) is 2.53. The molecule has 0 heterocycles. The lowest BCUT2D eigenvalue weighted by Crippen LogP contribution is -2.48. The quantitative estimate of drug-likeness (QED) is 0.306. The highest BCUT2D eigenvalue weighted by Gasteiger charge is 2.22. The summed E-state index contributed by atoms with van der Waals surface area (Å²) in [7, 11) is 0. The SMILES string of the molecule is CC(=O)N/N=C/c1ccc(CC(NCl)C(=O)NC(C)C(=O)O)cc1. The van der Waals surface area contributed by atoms with Crippen molar-refractivity contribution >= 4 is 35.8 Å². The van der Waals surface area contributed by atoms with Crippen molar-refractivity contribution < 1.29 is 19.5 Å². The van der Waals surface area contributed by atoms with Crippen LogP contribution in [0.2, 0.25) is 0 Å². The molecule has 2 atom stereocenters. The lowest BCUT2D eigenvalue weighted by Gasteiger charge is -2.17. The molecular formula is C15H19ClN4O4. The number of carbonyl (C=O) groups is 3. The highest BCUT2D eigenvalue weighted by atomic mass is 35.5. The van der Waals surface area contributed by atoms with Gasteiger partial charge in [-0.15, -0.1) is 0 Å². The minimum Gasteiger partial charge on any atom is -0.480 e. The largest absolute Gasteiger partial charge is 0.480 e. The molecule has 0 spiro atoms. The molecule has 4 N–H and O–H groups in total. The van der Waals surface area contributed by atoms with Gasteiger partial charge in [0.25, 0.3) is 0 Å². The molecule has 1 rings (SSSR count). The zero-order valence-electron chi connectivity index (χ0n) is 13.2. The topological polar surface area (TPSA) is 120 Å². The van der Waals surface area contributed by atoms with E-state index in [1.807, 2.05) is 0 Å². The molecule has 8 nitrogen and oxygen atoms in total. The van der Waals surface area contributed by atoms with Crippen LogP contribution in [0.5, 0.6) is 0 Å². The lowest BCUT2D eigenvalue weighted by molar-refractivity contribution is -0.141. The van der Waals surface area contributed by atoms with Crippen molar-refractivity contribution in [2.75, 3.05) is 0 Å². The number of carbonyl (C=O) groups excluding carboxylic acids is 2. The van der Waals surface area contributed by atoms with Gasteiger partial charge in [0.05, 0.1) is 6.21 Å².